The Balaban J connectivity index is 1.48. The maximum Gasteiger partial charge on any atom is 0.227 e. The minimum absolute atomic E-state index is 0.0612. The maximum absolute atomic E-state index is 9.20. The van der Waals surface area contributed by atoms with E-state index in [0.717, 1.165) is 56.9 Å². The number of aliphatic hydroxyl groups excluding tert-OH is 1. The summed E-state index contributed by atoms with van der Waals surface area (Å²) in [6.45, 7) is 10.2. The second-order valence-corrected chi connectivity index (χ2v) is 8.32. The minimum atomic E-state index is 0.0612. The van der Waals surface area contributed by atoms with Crippen molar-refractivity contribution in [3.63, 3.8) is 0 Å². The fourth-order valence-electron chi connectivity index (χ4n) is 4.39. The lowest BCUT2D eigenvalue weighted by Crippen LogP contribution is -2.57. The first-order chi connectivity index (χ1) is 14.5. The molecule has 2 fully saturated rings. The van der Waals surface area contributed by atoms with Crippen molar-refractivity contribution in [3.05, 3.63) is 30.4 Å². The third kappa shape index (κ3) is 4.46. The van der Waals surface area contributed by atoms with Gasteiger partial charge in [0.1, 0.15) is 17.5 Å². The molecule has 0 radical (unpaired) electrons. The van der Waals surface area contributed by atoms with Crippen molar-refractivity contribution in [2.45, 2.75) is 32.4 Å². The quantitative estimate of drug-likeness (QED) is 0.761. The van der Waals surface area contributed by atoms with Gasteiger partial charge in [-0.1, -0.05) is 0 Å². The summed E-state index contributed by atoms with van der Waals surface area (Å²) in [4.78, 5) is 27.7. The summed E-state index contributed by atoms with van der Waals surface area (Å²) in [6, 6.07) is 4.51. The molecule has 1 N–H and O–H groups in total. The Morgan fingerprint density at radius 2 is 1.57 bits per heavy atom. The third-order valence-corrected chi connectivity index (χ3v) is 5.95. The Hall–Kier alpha value is -2.52. The zero-order valence-corrected chi connectivity index (χ0v) is 18.1. The zero-order chi connectivity index (χ0) is 21.1. The van der Waals surface area contributed by atoms with Gasteiger partial charge in [-0.2, -0.15) is 4.98 Å². The zero-order valence-electron chi connectivity index (χ0n) is 18.1. The summed E-state index contributed by atoms with van der Waals surface area (Å²) in [5.41, 5.74) is 0. The summed E-state index contributed by atoms with van der Waals surface area (Å²) >= 11 is 0. The van der Waals surface area contributed by atoms with Crippen LogP contribution in [0.15, 0.2) is 24.5 Å². The van der Waals surface area contributed by atoms with E-state index >= 15 is 0 Å². The molecule has 4 heterocycles. The first-order valence-electron chi connectivity index (χ1n) is 10.8. The lowest BCUT2D eigenvalue weighted by Gasteiger charge is -2.45. The predicted octanol–water partition coefficient (Wildman–Crippen LogP) is 0.657. The van der Waals surface area contributed by atoms with Gasteiger partial charge in [0.05, 0.1) is 6.61 Å². The average molecular weight is 413 g/mol. The van der Waals surface area contributed by atoms with Gasteiger partial charge in [-0.05, 0) is 33.0 Å². The molecule has 2 aliphatic rings. The Bertz CT molecular complexity index is 829. The van der Waals surface area contributed by atoms with Crippen molar-refractivity contribution < 1.29 is 5.11 Å². The molecule has 2 atom stereocenters. The van der Waals surface area contributed by atoms with Crippen LogP contribution >= 0.6 is 0 Å². The number of aliphatic hydroxyl groups is 1. The molecule has 0 bridgehead atoms. The van der Waals surface area contributed by atoms with Gasteiger partial charge in [-0.3, -0.25) is 0 Å². The van der Waals surface area contributed by atoms with E-state index in [0.29, 0.717) is 12.2 Å². The lowest BCUT2D eigenvalue weighted by atomic mass is 10.1. The van der Waals surface area contributed by atoms with E-state index in [-0.39, 0.29) is 18.7 Å². The first-order valence-corrected chi connectivity index (χ1v) is 10.8. The largest absolute Gasteiger partial charge is 0.396 e. The van der Waals surface area contributed by atoms with Crippen LogP contribution in [-0.4, -0.2) is 94.9 Å². The highest BCUT2D eigenvalue weighted by molar-refractivity contribution is 5.49. The van der Waals surface area contributed by atoms with E-state index in [1.54, 1.807) is 6.20 Å². The van der Waals surface area contributed by atoms with Crippen LogP contribution in [0.2, 0.25) is 0 Å². The Labute approximate surface area is 178 Å². The van der Waals surface area contributed by atoms with Gasteiger partial charge in [0.2, 0.25) is 5.95 Å². The fourth-order valence-corrected chi connectivity index (χ4v) is 4.39. The molecule has 4 rings (SSSR count). The van der Waals surface area contributed by atoms with Crippen LogP contribution in [0.25, 0.3) is 0 Å². The van der Waals surface area contributed by atoms with Gasteiger partial charge in [-0.15, -0.1) is 0 Å². The molecule has 2 aromatic heterocycles. The molecule has 2 aliphatic heterocycles. The van der Waals surface area contributed by atoms with Crippen LogP contribution in [0.4, 0.5) is 17.6 Å². The monoisotopic (exact) mass is 412 g/mol. The van der Waals surface area contributed by atoms with Gasteiger partial charge in [0.15, 0.2) is 0 Å². The molecule has 0 unspecified atom stereocenters. The van der Waals surface area contributed by atoms with Crippen LogP contribution in [-0.2, 0) is 6.42 Å². The smallest absolute Gasteiger partial charge is 0.227 e. The molecule has 9 heteroatoms. The molecule has 9 nitrogen and oxygen atoms in total. The van der Waals surface area contributed by atoms with Gasteiger partial charge in [-0.25, -0.2) is 15.0 Å². The first kappa shape index (κ1) is 20.7. The molecule has 0 saturated carbocycles. The van der Waals surface area contributed by atoms with Crippen LogP contribution in [0.1, 0.15) is 19.7 Å². The molecule has 30 heavy (non-hydrogen) atoms. The molecule has 2 aromatic rings. The van der Waals surface area contributed by atoms with E-state index in [1.807, 2.05) is 18.3 Å². The number of aromatic nitrogens is 4. The van der Waals surface area contributed by atoms with Crippen LogP contribution in [0, 0.1) is 0 Å². The number of rotatable bonds is 5. The molecular weight excluding hydrogens is 380 g/mol. The van der Waals surface area contributed by atoms with Gasteiger partial charge < -0.3 is 24.7 Å². The molecule has 0 aromatic carbocycles. The molecule has 2 saturated heterocycles. The number of piperazine rings is 2. The van der Waals surface area contributed by atoms with E-state index in [2.05, 4.69) is 55.4 Å². The van der Waals surface area contributed by atoms with E-state index in [9.17, 15) is 5.11 Å². The summed E-state index contributed by atoms with van der Waals surface area (Å²) in [7, 11) is 2.15. The van der Waals surface area contributed by atoms with Crippen LogP contribution < -0.4 is 14.7 Å². The van der Waals surface area contributed by atoms with Crippen molar-refractivity contribution in [1.29, 1.82) is 0 Å². The van der Waals surface area contributed by atoms with Gasteiger partial charge in [0, 0.05) is 70.2 Å². The topological polar surface area (TPSA) is 84.8 Å². The highest BCUT2D eigenvalue weighted by Gasteiger charge is 2.31. The highest BCUT2D eigenvalue weighted by Crippen LogP contribution is 2.26. The lowest BCUT2D eigenvalue weighted by molar-refractivity contribution is 0.296. The molecule has 0 amide bonds. The average Bonchev–Trinajstić information content (AvgIpc) is 2.74. The summed E-state index contributed by atoms with van der Waals surface area (Å²) in [6.07, 6.45) is 4.14. The molecule has 0 aliphatic carbocycles. The predicted molar refractivity (Wildman–Crippen MR) is 118 cm³/mol. The Morgan fingerprint density at radius 1 is 0.900 bits per heavy atom. The number of likely N-dealkylation sites (N-methyl/N-ethyl adjacent to an activating group) is 1. The van der Waals surface area contributed by atoms with Crippen molar-refractivity contribution >= 4 is 17.6 Å². The fraction of sp³-hybridized carbons (Fsp3) is 0.619. The van der Waals surface area contributed by atoms with Gasteiger partial charge >= 0.3 is 0 Å². The Morgan fingerprint density at radius 3 is 2.27 bits per heavy atom. The standard InChI is InChI=1S/C21H32N8O/c1-16-14-28(15-17(2)29(16)20-5-7-22-18(24-20)6-13-30)19-4-8-23-21(25-19)27-11-9-26(3)10-12-27/h4-5,7-8,16-17,30H,6,9-15H2,1-3H3/t16-,17+. The van der Waals surface area contributed by atoms with Gasteiger partial charge in [0.25, 0.3) is 0 Å². The Kier molecular flexibility index (Phi) is 6.29. The minimum Gasteiger partial charge on any atom is -0.396 e. The van der Waals surface area contributed by atoms with Crippen molar-refractivity contribution in [3.8, 4) is 0 Å². The van der Waals surface area contributed by atoms with Crippen LogP contribution in [0.5, 0.6) is 0 Å². The molecule has 0 spiro atoms. The maximum atomic E-state index is 9.20. The SMILES string of the molecule is C[C@@H]1CN(c2ccnc(N3CCN(C)CC3)n2)C[C@H](C)N1c1ccnc(CCO)n1. The number of hydrogen-bond donors (Lipinski definition) is 1. The normalized spacial score (nSPS) is 23.1. The van der Waals surface area contributed by atoms with Crippen molar-refractivity contribution in [1.82, 2.24) is 24.8 Å². The van der Waals surface area contributed by atoms with E-state index in [1.165, 1.54) is 0 Å². The summed E-state index contributed by atoms with van der Waals surface area (Å²) < 4.78 is 0. The van der Waals surface area contributed by atoms with E-state index in [4.69, 9.17) is 4.98 Å². The van der Waals surface area contributed by atoms with Crippen LogP contribution in [0.3, 0.4) is 0 Å². The van der Waals surface area contributed by atoms with Crippen molar-refractivity contribution in [2.24, 2.45) is 0 Å². The number of anilines is 3. The summed E-state index contributed by atoms with van der Waals surface area (Å²) in [5, 5.41) is 9.20. The van der Waals surface area contributed by atoms with E-state index < -0.39 is 0 Å². The highest BCUT2D eigenvalue weighted by atomic mass is 16.3. The molecule has 162 valence electrons. The number of hydrogen-bond acceptors (Lipinski definition) is 9. The second-order valence-electron chi connectivity index (χ2n) is 8.32. The third-order valence-electron chi connectivity index (χ3n) is 5.95. The number of nitrogens with zero attached hydrogens (tertiary/aromatic N) is 8. The van der Waals surface area contributed by atoms with Crippen molar-refractivity contribution in [2.75, 3.05) is 67.6 Å². The second kappa shape index (κ2) is 9.09. The summed E-state index contributed by atoms with van der Waals surface area (Å²) in [5.74, 6) is 3.42. The molecular formula is C21H32N8O.